The Kier molecular flexibility index (Phi) is 4.48. The van der Waals surface area contributed by atoms with Crippen LogP contribution >= 0.6 is 0 Å². The third-order valence-corrected chi connectivity index (χ3v) is 6.42. The van der Waals surface area contributed by atoms with Gasteiger partial charge in [0, 0.05) is 5.92 Å². The van der Waals surface area contributed by atoms with Crippen LogP contribution in [0.15, 0.2) is 46.2 Å². The number of H-pyrrole nitrogens is 1. The number of aliphatic imine (C=N–C) groups is 1. The monoisotopic (exact) mass is 407 g/mol. The van der Waals surface area contributed by atoms with Crippen LogP contribution in [-0.4, -0.2) is 32.7 Å². The Morgan fingerprint density at radius 1 is 1.30 bits per heavy atom. The number of rotatable bonds is 5. The molecule has 5 rings (SSSR count). The number of nitrogens with zero attached hydrogens (tertiary/aromatic N) is 3. The average molecular weight is 407 g/mol. The topological polar surface area (TPSA) is 93.5 Å². The first-order valence-electron chi connectivity index (χ1n) is 10.3. The highest BCUT2D eigenvalue weighted by molar-refractivity contribution is 5.91. The van der Waals surface area contributed by atoms with Crippen molar-refractivity contribution in [3.8, 4) is 0 Å². The summed E-state index contributed by atoms with van der Waals surface area (Å²) in [6, 6.07) is 12.1. The fraction of sp³-hybridized carbons (Fsp3) is 0.409. The van der Waals surface area contributed by atoms with Gasteiger partial charge in [0.25, 0.3) is 0 Å². The highest BCUT2D eigenvalue weighted by atomic mass is 16.6. The van der Waals surface area contributed by atoms with E-state index in [1.54, 1.807) is 0 Å². The zero-order valence-electron chi connectivity index (χ0n) is 17.3. The maximum atomic E-state index is 11.9. The first-order chi connectivity index (χ1) is 14.5. The number of ether oxygens (including phenoxy) is 2. The summed E-state index contributed by atoms with van der Waals surface area (Å²) in [7, 11) is 0. The average Bonchev–Trinajstić information content (AvgIpc) is 3.24. The van der Waals surface area contributed by atoms with E-state index < -0.39 is 11.3 Å². The lowest BCUT2D eigenvalue weighted by Crippen LogP contribution is -2.40. The van der Waals surface area contributed by atoms with Gasteiger partial charge >= 0.3 is 5.69 Å². The molecular formula is C22H25N5O3. The fourth-order valence-corrected chi connectivity index (χ4v) is 4.58. The Bertz CT molecular complexity index is 1170. The van der Waals surface area contributed by atoms with Crippen LogP contribution < -0.4 is 11.1 Å². The highest BCUT2D eigenvalue weighted by Crippen LogP contribution is 2.50. The zero-order chi connectivity index (χ0) is 20.9. The first-order valence-corrected chi connectivity index (χ1v) is 10.3. The minimum atomic E-state index is -0.561. The first kappa shape index (κ1) is 19.0. The van der Waals surface area contributed by atoms with Crippen molar-refractivity contribution in [3.63, 3.8) is 0 Å². The Balaban J connectivity index is 1.58. The molecule has 0 unspecified atom stereocenters. The van der Waals surface area contributed by atoms with Gasteiger partial charge in [-0.3, -0.25) is 10.1 Å². The van der Waals surface area contributed by atoms with Crippen molar-refractivity contribution in [3.05, 3.63) is 58.1 Å². The Morgan fingerprint density at radius 3 is 2.87 bits per heavy atom. The van der Waals surface area contributed by atoms with Crippen LogP contribution in [0.1, 0.15) is 44.6 Å². The molecule has 3 aromatic rings. The van der Waals surface area contributed by atoms with Crippen LogP contribution in [0.2, 0.25) is 0 Å². The predicted octanol–water partition coefficient (Wildman–Crippen LogP) is 3.40. The Morgan fingerprint density at radius 2 is 2.10 bits per heavy atom. The summed E-state index contributed by atoms with van der Waals surface area (Å²) in [5.74, 6) is 0.569. The lowest BCUT2D eigenvalue weighted by Gasteiger charge is -2.34. The SMILES string of the molecule is CC[C@H]1O[C@@H](c2cc3[nH]c(=O)nc4c3n2NC=N4)[C@](C)(OCc2ccccc2)[C@@H]1C. The lowest BCUT2D eigenvalue weighted by molar-refractivity contribution is -0.107. The summed E-state index contributed by atoms with van der Waals surface area (Å²) in [5.41, 5.74) is 5.57. The van der Waals surface area contributed by atoms with E-state index in [1.165, 1.54) is 6.34 Å². The van der Waals surface area contributed by atoms with Crippen LogP contribution in [0.3, 0.4) is 0 Å². The van der Waals surface area contributed by atoms with Gasteiger partial charge in [0.05, 0.1) is 23.9 Å². The van der Waals surface area contributed by atoms with E-state index in [0.29, 0.717) is 17.9 Å². The zero-order valence-corrected chi connectivity index (χ0v) is 17.3. The normalized spacial score (nSPS) is 27.5. The molecule has 0 aliphatic carbocycles. The van der Waals surface area contributed by atoms with E-state index in [2.05, 4.69) is 53.3 Å². The third kappa shape index (κ3) is 2.86. The van der Waals surface area contributed by atoms with E-state index >= 15 is 0 Å². The molecule has 2 aliphatic rings. The van der Waals surface area contributed by atoms with Gasteiger partial charge in [0.1, 0.15) is 23.6 Å². The predicted molar refractivity (Wildman–Crippen MR) is 115 cm³/mol. The highest BCUT2D eigenvalue weighted by Gasteiger charge is 2.53. The van der Waals surface area contributed by atoms with Gasteiger partial charge in [0.15, 0.2) is 5.82 Å². The number of nitrogens with one attached hydrogen (secondary N) is 2. The van der Waals surface area contributed by atoms with Gasteiger partial charge in [-0.1, -0.05) is 44.2 Å². The minimum Gasteiger partial charge on any atom is -0.367 e. The van der Waals surface area contributed by atoms with Gasteiger partial charge in [-0.2, -0.15) is 4.98 Å². The van der Waals surface area contributed by atoms with E-state index in [-0.39, 0.29) is 18.1 Å². The Hall–Kier alpha value is -2.97. The van der Waals surface area contributed by atoms with Crippen LogP contribution in [0.25, 0.3) is 11.0 Å². The maximum absolute atomic E-state index is 11.9. The van der Waals surface area contributed by atoms with Gasteiger partial charge in [0.2, 0.25) is 0 Å². The van der Waals surface area contributed by atoms with Gasteiger partial charge in [-0.15, -0.1) is 0 Å². The van der Waals surface area contributed by atoms with Gasteiger partial charge in [-0.25, -0.2) is 9.79 Å². The smallest absolute Gasteiger partial charge is 0.347 e. The molecule has 0 saturated carbocycles. The standard InChI is InChI=1S/C22H25N5O3/c1-4-17-13(2)22(3,29-11-14-8-6-5-7-9-14)19(30-17)16-10-15-18-20(26-21(28)25-15)23-12-24-27(16)18/h5-10,12-13,17,19H,4,11H2,1-3H3,(H2,23,24,25,26,28)/t13-,17-,19+,22-/m1/s1. The second-order valence-electron chi connectivity index (χ2n) is 8.13. The molecule has 2 aromatic heterocycles. The maximum Gasteiger partial charge on any atom is 0.347 e. The molecule has 0 amide bonds. The number of aromatic amines is 1. The summed E-state index contributed by atoms with van der Waals surface area (Å²) >= 11 is 0. The number of aromatic nitrogens is 3. The minimum absolute atomic E-state index is 0.0653. The molecule has 8 heteroatoms. The summed E-state index contributed by atoms with van der Waals surface area (Å²) in [6.07, 6.45) is 2.16. The molecule has 156 valence electrons. The molecule has 2 aliphatic heterocycles. The van der Waals surface area contributed by atoms with Crippen molar-refractivity contribution in [1.29, 1.82) is 0 Å². The van der Waals surface area contributed by atoms with Crippen molar-refractivity contribution in [2.45, 2.75) is 51.6 Å². The van der Waals surface area contributed by atoms with Crippen molar-refractivity contribution in [2.24, 2.45) is 10.9 Å². The quantitative estimate of drug-likeness (QED) is 0.676. The van der Waals surface area contributed by atoms with E-state index in [9.17, 15) is 4.79 Å². The van der Waals surface area contributed by atoms with E-state index in [0.717, 1.165) is 23.2 Å². The van der Waals surface area contributed by atoms with Gasteiger partial charge < -0.3 is 14.5 Å². The molecule has 2 N–H and O–H groups in total. The second-order valence-corrected chi connectivity index (χ2v) is 8.13. The molecule has 0 radical (unpaired) electrons. The van der Waals surface area contributed by atoms with E-state index in [1.807, 2.05) is 28.9 Å². The number of hydrogen-bond donors (Lipinski definition) is 2. The molecule has 1 aromatic carbocycles. The lowest BCUT2D eigenvalue weighted by atomic mass is 9.83. The summed E-state index contributed by atoms with van der Waals surface area (Å²) in [6.45, 7) is 6.92. The summed E-state index contributed by atoms with van der Waals surface area (Å²) < 4.78 is 15.0. The summed E-state index contributed by atoms with van der Waals surface area (Å²) in [5, 5.41) is 0. The molecule has 0 bridgehead atoms. The fourth-order valence-electron chi connectivity index (χ4n) is 4.58. The second kappa shape index (κ2) is 7.07. The van der Waals surface area contributed by atoms with Crippen LogP contribution in [0, 0.1) is 5.92 Å². The van der Waals surface area contributed by atoms with Crippen LogP contribution in [0.5, 0.6) is 0 Å². The molecule has 4 atom stereocenters. The van der Waals surface area contributed by atoms with Crippen LogP contribution in [-0.2, 0) is 16.1 Å². The van der Waals surface area contributed by atoms with Gasteiger partial charge in [-0.05, 0) is 25.0 Å². The van der Waals surface area contributed by atoms with Crippen molar-refractivity contribution in [2.75, 3.05) is 5.43 Å². The number of hydrogen-bond acceptors (Lipinski definition) is 6. The molecule has 30 heavy (non-hydrogen) atoms. The summed E-state index contributed by atoms with van der Waals surface area (Å²) in [4.78, 5) is 22.9. The molecule has 0 spiro atoms. The van der Waals surface area contributed by atoms with Crippen molar-refractivity contribution >= 4 is 23.2 Å². The third-order valence-electron chi connectivity index (χ3n) is 6.42. The van der Waals surface area contributed by atoms with Crippen molar-refractivity contribution < 1.29 is 9.47 Å². The van der Waals surface area contributed by atoms with E-state index in [4.69, 9.17) is 9.47 Å². The van der Waals surface area contributed by atoms with Crippen molar-refractivity contribution in [1.82, 2.24) is 14.6 Å². The molecule has 4 heterocycles. The van der Waals surface area contributed by atoms with Crippen LogP contribution in [0.4, 0.5) is 5.82 Å². The molecule has 1 saturated heterocycles. The molecule has 1 fully saturated rings. The molecule has 8 nitrogen and oxygen atoms in total. The Labute approximate surface area is 173 Å². The number of benzene rings is 1. The molecular weight excluding hydrogens is 382 g/mol. The largest absolute Gasteiger partial charge is 0.367 e.